The Bertz CT molecular complexity index is 1090. The van der Waals surface area contributed by atoms with Crippen molar-refractivity contribution in [3.05, 3.63) is 35.1 Å². The van der Waals surface area contributed by atoms with Crippen molar-refractivity contribution >= 4 is 17.5 Å². The first kappa shape index (κ1) is 52.1. The molecule has 0 bridgehead atoms. The van der Waals surface area contributed by atoms with Gasteiger partial charge in [0.15, 0.2) is 5.78 Å². The van der Waals surface area contributed by atoms with E-state index in [1.165, 1.54) is 12.0 Å². The van der Waals surface area contributed by atoms with E-state index in [2.05, 4.69) is 74.5 Å². The number of allylic oxidation sites excluding steroid dienone is 6. The lowest BCUT2D eigenvalue weighted by molar-refractivity contribution is -0.156. The Kier molecular flexibility index (Phi) is 25.9. The van der Waals surface area contributed by atoms with E-state index in [0.29, 0.717) is 25.1 Å². The summed E-state index contributed by atoms with van der Waals surface area (Å²) in [5.41, 5.74) is 3.07. The van der Waals surface area contributed by atoms with Crippen LogP contribution in [0.1, 0.15) is 170 Å². The maximum atomic E-state index is 13.1. The Balaban J connectivity index is -0.00000192. The van der Waals surface area contributed by atoms with Crippen LogP contribution in [-0.4, -0.2) is 41.4 Å². The third-order valence-corrected chi connectivity index (χ3v) is 7.73. The van der Waals surface area contributed by atoms with Gasteiger partial charge < -0.3 is 9.47 Å². The number of nitrogens with zero attached hydrogens (tertiary/aromatic N) is 1. The van der Waals surface area contributed by atoms with Crippen LogP contribution < -0.4 is 0 Å². The van der Waals surface area contributed by atoms with Crippen molar-refractivity contribution in [2.75, 3.05) is 6.61 Å². The molecule has 0 spiro atoms. The van der Waals surface area contributed by atoms with E-state index in [-0.39, 0.29) is 41.5 Å². The van der Waals surface area contributed by atoms with E-state index in [4.69, 9.17) is 14.5 Å². The molecule has 0 aliphatic carbocycles. The van der Waals surface area contributed by atoms with Crippen LogP contribution in [0.5, 0.6) is 0 Å². The average Bonchev–Trinajstić information content (AvgIpc) is 2.91. The number of halogens is 3. The highest BCUT2D eigenvalue weighted by atomic mass is 19.4. The van der Waals surface area contributed by atoms with Crippen LogP contribution in [0.2, 0.25) is 0 Å². The number of esters is 1. The average molecular weight is 716 g/mol. The van der Waals surface area contributed by atoms with Crippen molar-refractivity contribution in [2.24, 2.45) is 28.2 Å². The number of Topliss-reactive ketones (excluding diaryl/α,β-unsaturated/α-hetero) is 1. The van der Waals surface area contributed by atoms with Gasteiger partial charge in [-0.05, 0) is 110 Å². The maximum absolute atomic E-state index is 13.1. The third-order valence-electron chi connectivity index (χ3n) is 7.73. The number of unbranched alkanes of at least 4 members (excludes halogenated alkanes) is 1. The van der Waals surface area contributed by atoms with Crippen LogP contribution in [-0.2, 0) is 19.1 Å². The highest BCUT2D eigenvalue weighted by molar-refractivity contribution is 6.05. The van der Waals surface area contributed by atoms with Crippen LogP contribution in [0.25, 0.3) is 0 Å². The largest absolute Gasteiger partial charge is 0.460 e. The Morgan fingerprint density at radius 3 is 1.72 bits per heavy atom. The molecule has 0 aliphatic rings. The molecule has 2 unspecified atom stereocenters. The summed E-state index contributed by atoms with van der Waals surface area (Å²) in [5.74, 6) is 1.11. The quantitative estimate of drug-likeness (QED) is 0.0525. The topological polar surface area (TPSA) is 65.0 Å². The molecule has 5 nitrogen and oxygen atoms in total. The molecule has 0 saturated heterocycles. The van der Waals surface area contributed by atoms with Gasteiger partial charge in [-0.15, -0.1) is 0 Å². The maximum Gasteiger partial charge on any atom is 0.386 e. The van der Waals surface area contributed by atoms with E-state index in [1.54, 1.807) is 0 Å². The predicted octanol–water partition coefficient (Wildman–Crippen LogP) is 13.2. The van der Waals surface area contributed by atoms with Crippen molar-refractivity contribution in [2.45, 2.75) is 187 Å². The summed E-state index contributed by atoms with van der Waals surface area (Å²) in [4.78, 5) is 30.3. The third kappa shape index (κ3) is 33.0. The molecule has 0 amide bonds. The number of rotatable bonds is 16. The summed E-state index contributed by atoms with van der Waals surface area (Å²) in [7, 11) is 0. The van der Waals surface area contributed by atoms with E-state index in [1.807, 2.05) is 61.5 Å². The first-order chi connectivity index (χ1) is 22.5. The van der Waals surface area contributed by atoms with Gasteiger partial charge in [-0.25, -0.2) is 4.99 Å². The number of ketones is 1. The highest BCUT2D eigenvalue weighted by Gasteiger charge is 2.26. The van der Waals surface area contributed by atoms with E-state index >= 15 is 0 Å². The SMILES string of the molecule is CC(F)(F)F.CCC(C)C.C\C=C(/N=C(C)\C(=C/CC)\C=C(/C)C(C)(C)C)C(=O)CCCCC(COC(C)(C)C)C(C)CC(=O)OC(C)(C)C. The number of hydrogen-bond donors (Lipinski definition) is 0. The molecule has 0 aromatic rings. The lowest BCUT2D eigenvalue weighted by atomic mass is 9.86. The summed E-state index contributed by atoms with van der Waals surface area (Å²) >= 11 is 0. The number of carbonyl (C=O) groups is 2. The van der Waals surface area contributed by atoms with Gasteiger partial charge in [-0.1, -0.05) is 92.0 Å². The second kappa shape index (κ2) is 24.9. The van der Waals surface area contributed by atoms with Crippen molar-refractivity contribution in [3.63, 3.8) is 0 Å². The van der Waals surface area contributed by atoms with Crippen LogP contribution in [0.15, 0.2) is 40.1 Å². The summed E-state index contributed by atoms with van der Waals surface area (Å²) in [6.07, 6.45) is 7.76. The van der Waals surface area contributed by atoms with Gasteiger partial charge >= 0.3 is 12.1 Å². The Morgan fingerprint density at radius 1 is 0.840 bits per heavy atom. The number of alkyl halides is 3. The lowest BCUT2D eigenvalue weighted by Gasteiger charge is -2.29. The van der Waals surface area contributed by atoms with Crippen LogP contribution >= 0.6 is 0 Å². The molecule has 0 aromatic heterocycles. The Hall–Kier alpha value is -2.22. The molecule has 0 fully saturated rings. The van der Waals surface area contributed by atoms with E-state index in [9.17, 15) is 22.8 Å². The van der Waals surface area contributed by atoms with Gasteiger partial charge in [0.2, 0.25) is 0 Å². The normalized spacial score (nSPS) is 15.1. The summed E-state index contributed by atoms with van der Waals surface area (Å²) in [6, 6.07) is 0. The van der Waals surface area contributed by atoms with Crippen molar-refractivity contribution in [1.29, 1.82) is 0 Å². The fourth-order valence-corrected chi connectivity index (χ4v) is 4.04. The van der Waals surface area contributed by atoms with Gasteiger partial charge in [0, 0.05) is 25.5 Å². The second-order valence-electron chi connectivity index (χ2n) is 16.7. The molecule has 0 aliphatic heterocycles. The van der Waals surface area contributed by atoms with Gasteiger partial charge in [0.05, 0.1) is 12.2 Å². The predicted molar refractivity (Wildman–Crippen MR) is 208 cm³/mol. The number of ether oxygens (including phenoxy) is 2. The zero-order chi connectivity index (χ0) is 40.1. The molecule has 0 heterocycles. The summed E-state index contributed by atoms with van der Waals surface area (Å²) in [5, 5.41) is 0. The van der Waals surface area contributed by atoms with Crippen molar-refractivity contribution < 1.29 is 32.2 Å². The monoisotopic (exact) mass is 716 g/mol. The molecular weight excluding hydrogens is 639 g/mol. The second-order valence-corrected chi connectivity index (χ2v) is 16.7. The van der Waals surface area contributed by atoms with Crippen LogP contribution in [0, 0.1) is 23.2 Å². The fraction of sp³-hybridized carbons (Fsp3) is 0.786. The molecule has 0 saturated carbocycles. The minimum absolute atomic E-state index is 0.0681. The Labute approximate surface area is 306 Å². The van der Waals surface area contributed by atoms with Crippen molar-refractivity contribution in [3.8, 4) is 0 Å². The number of carbonyl (C=O) groups excluding carboxylic acids is 2. The van der Waals surface area contributed by atoms with Crippen LogP contribution in [0.3, 0.4) is 0 Å². The highest BCUT2D eigenvalue weighted by Crippen LogP contribution is 2.28. The standard InChI is InChI=1S/C35H61NO4.C5H12.C2H3F3/c1-15-19-28(23-26(4)33(6,7)8)27(5)36-30(16-2)31(37)21-18-17-20-29(24-39-34(9,10)11)25(3)22-32(38)40-35(12,13)14;1-4-5(2)3;1-2(3,4)5/h16,19,23,25,29H,15,17-18,20-22,24H2,1-14H3;5H,4H2,1-3H3;1H3/b26-23+,28-19-,30-16-,36-27-;;. The van der Waals surface area contributed by atoms with Gasteiger partial charge in [-0.3, -0.25) is 9.59 Å². The summed E-state index contributed by atoms with van der Waals surface area (Å²) < 4.78 is 42.7. The number of hydrogen-bond acceptors (Lipinski definition) is 5. The molecule has 0 rings (SSSR count). The smallest absolute Gasteiger partial charge is 0.386 e. The minimum atomic E-state index is -4.00. The summed E-state index contributed by atoms with van der Waals surface area (Å²) in [6.45, 7) is 36.0. The van der Waals surface area contributed by atoms with Gasteiger partial charge in [-0.2, -0.15) is 13.2 Å². The van der Waals surface area contributed by atoms with E-state index in [0.717, 1.165) is 42.9 Å². The molecule has 50 heavy (non-hydrogen) atoms. The molecule has 2 atom stereocenters. The van der Waals surface area contributed by atoms with Gasteiger partial charge in [0.1, 0.15) is 11.3 Å². The zero-order valence-corrected chi connectivity index (χ0v) is 35.3. The Morgan fingerprint density at radius 2 is 1.34 bits per heavy atom. The molecule has 0 N–H and O–H groups in total. The fourth-order valence-electron chi connectivity index (χ4n) is 4.04. The molecule has 294 valence electrons. The number of aliphatic imine (C=N–C) groups is 1. The first-order valence-corrected chi connectivity index (χ1v) is 18.5. The van der Waals surface area contributed by atoms with E-state index < -0.39 is 11.8 Å². The minimum Gasteiger partial charge on any atom is -0.460 e. The first-order valence-electron chi connectivity index (χ1n) is 18.5. The van der Waals surface area contributed by atoms with Crippen LogP contribution in [0.4, 0.5) is 13.2 Å². The zero-order valence-electron chi connectivity index (χ0n) is 35.3. The molecule has 0 radical (unpaired) electrons. The van der Waals surface area contributed by atoms with Crippen molar-refractivity contribution in [1.82, 2.24) is 0 Å². The molecule has 8 heteroatoms. The molecular formula is C42H76F3NO4. The van der Waals surface area contributed by atoms with Gasteiger partial charge in [0.25, 0.3) is 0 Å². The lowest BCUT2D eigenvalue weighted by Crippen LogP contribution is -2.30. The molecule has 0 aromatic carbocycles.